The molecule has 20 heavy (non-hydrogen) atoms. The number of carboxylic acid groups (broad SMARTS) is 1. The normalized spacial score (nSPS) is 31.2. The van der Waals surface area contributed by atoms with E-state index in [9.17, 15) is 14.7 Å². The fourth-order valence-electron chi connectivity index (χ4n) is 3.83. The monoisotopic (exact) mass is 274 g/mol. The fraction of sp³-hybridized carbons (Fsp3) is 0.533. The van der Waals surface area contributed by atoms with Crippen molar-refractivity contribution in [3.8, 4) is 0 Å². The Kier molecular flexibility index (Phi) is 3.42. The molecule has 2 aliphatic carbocycles. The minimum atomic E-state index is -0.821. The van der Waals surface area contributed by atoms with E-state index in [-0.39, 0.29) is 23.7 Å². The van der Waals surface area contributed by atoms with Crippen molar-refractivity contribution in [2.45, 2.75) is 25.8 Å². The number of hydrogen-bond acceptors (Lipinski definition) is 3. The van der Waals surface area contributed by atoms with Crippen LogP contribution in [-0.2, 0) is 16.1 Å². The summed E-state index contributed by atoms with van der Waals surface area (Å²) in [6.45, 7) is 0.410. The SMILES string of the molecule is O=C(O)[C@H]1C2CCC(C2)[C@@H]1C(=O)NCc1cccnc1. The van der Waals surface area contributed by atoms with E-state index in [1.807, 2.05) is 12.1 Å². The van der Waals surface area contributed by atoms with E-state index in [1.54, 1.807) is 12.4 Å². The van der Waals surface area contributed by atoms with E-state index in [2.05, 4.69) is 10.3 Å². The molecule has 0 aromatic carbocycles. The van der Waals surface area contributed by atoms with Crippen molar-refractivity contribution in [1.82, 2.24) is 10.3 Å². The first-order valence-corrected chi connectivity index (χ1v) is 7.06. The number of carboxylic acids is 1. The lowest BCUT2D eigenvalue weighted by Crippen LogP contribution is -2.41. The number of rotatable bonds is 4. The third-order valence-electron chi connectivity index (χ3n) is 4.69. The second-order valence-electron chi connectivity index (χ2n) is 5.80. The van der Waals surface area contributed by atoms with Gasteiger partial charge >= 0.3 is 5.97 Å². The minimum absolute atomic E-state index is 0.117. The fourth-order valence-corrected chi connectivity index (χ4v) is 3.83. The first kappa shape index (κ1) is 13.1. The summed E-state index contributed by atoms with van der Waals surface area (Å²) in [6, 6.07) is 3.71. The van der Waals surface area contributed by atoms with Gasteiger partial charge in [0.2, 0.25) is 5.91 Å². The Bertz CT molecular complexity index is 517. The minimum Gasteiger partial charge on any atom is -0.481 e. The Morgan fingerprint density at radius 1 is 1.30 bits per heavy atom. The topological polar surface area (TPSA) is 79.3 Å². The molecular weight excluding hydrogens is 256 g/mol. The number of hydrogen-bond donors (Lipinski definition) is 2. The predicted molar refractivity (Wildman–Crippen MR) is 71.5 cm³/mol. The highest BCUT2D eigenvalue weighted by molar-refractivity contribution is 5.86. The Balaban J connectivity index is 1.66. The molecule has 1 heterocycles. The van der Waals surface area contributed by atoms with Gasteiger partial charge in [0.1, 0.15) is 0 Å². The zero-order valence-electron chi connectivity index (χ0n) is 11.2. The predicted octanol–water partition coefficient (Wildman–Crippen LogP) is 1.44. The molecule has 0 saturated heterocycles. The lowest BCUT2D eigenvalue weighted by Gasteiger charge is -2.27. The molecule has 0 radical (unpaired) electrons. The van der Waals surface area contributed by atoms with Crippen LogP contribution in [0.4, 0.5) is 0 Å². The van der Waals surface area contributed by atoms with Crippen molar-refractivity contribution in [1.29, 1.82) is 0 Å². The molecule has 0 spiro atoms. The Labute approximate surface area is 117 Å². The maximum atomic E-state index is 12.3. The number of carbonyl (C=O) groups is 2. The quantitative estimate of drug-likeness (QED) is 0.871. The first-order valence-electron chi connectivity index (χ1n) is 7.06. The lowest BCUT2D eigenvalue weighted by atomic mass is 9.78. The lowest BCUT2D eigenvalue weighted by molar-refractivity contribution is -0.149. The van der Waals surface area contributed by atoms with Crippen molar-refractivity contribution in [3.63, 3.8) is 0 Å². The first-order chi connectivity index (χ1) is 9.66. The van der Waals surface area contributed by atoms with E-state index < -0.39 is 11.9 Å². The molecule has 106 valence electrons. The van der Waals surface area contributed by atoms with Crippen LogP contribution >= 0.6 is 0 Å². The number of fused-ring (bicyclic) bond motifs is 2. The number of pyridine rings is 1. The van der Waals surface area contributed by atoms with Crippen molar-refractivity contribution in [3.05, 3.63) is 30.1 Å². The van der Waals surface area contributed by atoms with Crippen molar-refractivity contribution >= 4 is 11.9 Å². The number of aromatic nitrogens is 1. The van der Waals surface area contributed by atoms with Gasteiger partial charge in [-0.2, -0.15) is 0 Å². The maximum Gasteiger partial charge on any atom is 0.307 e. The molecule has 0 aliphatic heterocycles. The van der Waals surface area contributed by atoms with Crippen LogP contribution in [0.15, 0.2) is 24.5 Å². The van der Waals surface area contributed by atoms with Gasteiger partial charge in [-0.05, 0) is 42.7 Å². The highest BCUT2D eigenvalue weighted by Gasteiger charge is 2.53. The molecule has 2 unspecified atom stereocenters. The molecule has 2 fully saturated rings. The van der Waals surface area contributed by atoms with Gasteiger partial charge in [0.15, 0.2) is 0 Å². The molecule has 2 saturated carbocycles. The summed E-state index contributed by atoms with van der Waals surface area (Å²) in [4.78, 5) is 27.7. The molecule has 2 bridgehead atoms. The summed E-state index contributed by atoms with van der Waals surface area (Å²) in [5.41, 5.74) is 0.927. The summed E-state index contributed by atoms with van der Waals surface area (Å²) in [6.07, 6.45) is 6.22. The van der Waals surface area contributed by atoms with Crippen LogP contribution in [0.1, 0.15) is 24.8 Å². The highest BCUT2D eigenvalue weighted by Crippen LogP contribution is 2.52. The van der Waals surface area contributed by atoms with Crippen LogP contribution in [0.3, 0.4) is 0 Å². The second-order valence-corrected chi connectivity index (χ2v) is 5.80. The molecule has 5 nitrogen and oxygen atoms in total. The molecular formula is C15H18N2O3. The van der Waals surface area contributed by atoms with Crippen LogP contribution in [0.2, 0.25) is 0 Å². The summed E-state index contributed by atoms with van der Waals surface area (Å²) in [7, 11) is 0. The summed E-state index contributed by atoms with van der Waals surface area (Å²) >= 11 is 0. The van der Waals surface area contributed by atoms with E-state index in [4.69, 9.17) is 0 Å². The number of amides is 1. The average molecular weight is 274 g/mol. The maximum absolute atomic E-state index is 12.3. The largest absolute Gasteiger partial charge is 0.481 e. The zero-order valence-corrected chi connectivity index (χ0v) is 11.2. The Hall–Kier alpha value is -1.91. The second kappa shape index (κ2) is 5.23. The van der Waals surface area contributed by atoms with Crippen LogP contribution < -0.4 is 5.32 Å². The summed E-state index contributed by atoms with van der Waals surface area (Å²) < 4.78 is 0. The average Bonchev–Trinajstić information content (AvgIpc) is 3.06. The van der Waals surface area contributed by atoms with Crippen LogP contribution in [-0.4, -0.2) is 22.0 Å². The molecule has 2 N–H and O–H groups in total. The van der Waals surface area contributed by atoms with Gasteiger partial charge in [-0.25, -0.2) is 0 Å². The van der Waals surface area contributed by atoms with Gasteiger partial charge in [0, 0.05) is 18.9 Å². The Morgan fingerprint density at radius 2 is 2.05 bits per heavy atom. The van der Waals surface area contributed by atoms with Gasteiger partial charge < -0.3 is 10.4 Å². The molecule has 1 amide bonds. The van der Waals surface area contributed by atoms with Crippen molar-refractivity contribution < 1.29 is 14.7 Å². The molecule has 4 atom stereocenters. The standard InChI is InChI=1S/C15H18N2O3/c18-14(17-8-9-2-1-5-16-7-9)12-10-3-4-11(6-10)13(12)15(19)20/h1-2,5,7,10-13H,3-4,6,8H2,(H,17,18)(H,19,20)/t10?,11?,12-,13-/m0/s1. The number of nitrogens with zero attached hydrogens (tertiary/aromatic N) is 1. The molecule has 1 aromatic heterocycles. The van der Waals surface area contributed by atoms with E-state index >= 15 is 0 Å². The van der Waals surface area contributed by atoms with E-state index in [0.29, 0.717) is 6.54 Å². The summed E-state index contributed by atoms with van der Waals surface area (Å²) in [5.74, 6) is -1.36. The number of carbonyl (C=O) groups excluding carboxylic acids is 1. The van der Waals surface area contributed by atoms with Gasteiger partial charge in [0.05, 0.1) is 11.8 Å². The summed E-state index contributed by atoms with van der Waals surface area (Å²) in [5, 5.41) is 12.2. The Morgan fingerprint density at radius 3 is 2.70 bits per heavy atom. The van der Waals surface area contributed by atoms with Crippen LogP contribution in [0.5, 0.6) is 0 Å². The van der Waals surface area contributed by atoms with E-state index in [1.165, 1.54) is 0 Å². The third-order valence-corrected chi connectivity index (χ3v) is 4.69. The van der Waals surface area contributed by atoms with Crippen LogP contribution in [0, 0.1) is 23.7 Å². The molecule has 5 heteroatoms. The van der Waals surface area contributed by atoms with Gasteiger partial charge in [-0.15, -0.1) is 0 Å². The van der Waals surface area contributed by atoms with Crippen LogP contribution in [0.25, 0.3) is 0 Å². The molecule has 1 aromatic rings. The number of nitrogens with one attached hydrogen (secondary N) is 1. The van der Waals surface area contributed by atoms with E-state index in [0.717, 1.165) is 24.8 Å². The van der Waals surface area contributed by atoms with Crippen molar-refractivity contribution in [2.75, 3.05) is 0 Å². The number of aliphatic carboxylic acids is 1. The smallest absolute Gasteiger partial charge is 0.307 e. The third kappa shape index (κ3) is 2.28. The van der Waals surface area contributed by atoms with Gasteiger partial charge in [-0.3, -0.25) is 14.6 Å². The highest BCUT2D eigenvalue weighted by atomic mass is 16.4. The van der Waals surface area contributed by atoms with Gasteiger partial charge in [0.25, 0.3) is 0 Å². The molecule has 2 aliphatic rings. The van der Waals surface area contributed by atoms with Gasteiger partial charge in [-0.1, -0.05) is 6.07 Å². The molecule has 3 rings (SSSR count). The van der Waals surface area contributed by atoms with Crippen molar-refractivity contribution in [2.24, 2.45) is 23.7 Å². The zero-order chi connectivity index (χ0) is 14.1.